The standard InChI is InChI=1S/C16H26N2/c1-3-8-14-9-5-6-10-16(14)18-12-7-11-17-15(4-2)13-18/h5-6,9-10,15,17H,3-4,7-8,11-13H2,1-2H3. The quantitative estimate of drug-likeness (QED) is 0.877. The van der Waals surface area contributed by atoms with Crippen molar-refractivity contribution in [2.45, 2.75) is 45.6 Å². The fourth-order valence-electron chi connectivity index (χ4n) is 2.79. The molecule has 1 aromatic carbocycles. The number of anilines is 1. The van der Waals surface area contributed by atoms with Crippen LogP contribution in [0.4, 0.5) is 5.69 Å². The van der Waals surface area contributed by atoms with Crippen LogP contribution < -0.4 is 10.2 Å². The Kier molecular flexibility index (Phi) is 5.06. The minimum absolute atomic E-state index is 0.641. The van der Waals surface area contributed by atoms with Crippen molar-refractivity contribution in [3.05, 3.63) is 29.8 Å². The van der Waals surface area contributed by atoms with E-state index in [9.17, 15) is 0 Å². The van der Waals surface area contributed by atoms with E-state index in [2.05, 4.69) is 48.3 Å². The van der Waals surface area contributed by atoms with Crippen LogP contribution in [-0.2, 0) is 6.42 Å². The Balaban J connectivity index is 2.17. The number of rotatable bonds is 4. The highest BCUT2D eigenvalue weighted by Crippen LogP contribution is 2.23. The highest BCUT2D eigenvalue weighted by atomic mass is 15.2. The van der Waals surface area contributed by atoms with E-state index in [-0.39, 0.29) is 0 Å². The van der Waals surface area contributed by atoms with Gasteiger partial charge in [-0.05, 0) is 37.4 Å². The van der Waals surface area contributed by atoms with Gasteiger partial charge in [-0.25, -0.2) is 0 Å². The van der Waals surface area contributed by atoms with Crippen LogP contribution in [0.1, 0.15) is 38.7 Å². The van der Waals surface area contributed by atoms with Gasteiger partial charge in [0.2, 0.25) is 0 Å². The van der Waals surface area contributed by atoms with E-state index in [1.807, 2.05) is 0 Å². The summed E-state index contributed by atoms with van der Waals surface area (Å²) in [6.45, 7) is 8.03. The number of nitrogens with one attached hydrogen (secondary N) is 1. The molecule has 0 bridgehead atoms. The first-order valence-electron chi connectivity index (χ1n) is 7.41. The van der Waals surface area contributed by atoms with Crippen LogP contribution in [0.2, 0.25) is 0 Å². The van der Waals surface area contributed by atoms with E-state index in [0.717, 1.165) is 13.1 Å². The van der Waals surface area contributed by atoms with E-state index >= 15 is 0 Å². The average Bonchev–Trinajstić information content (AvgIpc) is 2.65. The van der Waals surface area contributed by atoms with Crippen molar-refractivity contribution < 1.29 is 0 Å². The summed E-state index contributed by atoms with van der Waals surface area (Å²) in [7, 11) is 0. The number of hydrogen-bond donors (Lipinski definition) is 1. The monoisotopic (exact) mass is 246 g/mol. The molecule has 1 heterocycles. The predicted octanol–water partition coefficient (Wildman–Crippen LogP) is 3.22. The largest absolute Gasteiger partial charge is 0.370 e. The molecule has 1 aliphatic rings. The summed E-state index contributed by atoms with van der Waals surface area (Å²) >= 11 is 0. The first-order chi connectivity index (χ1) is 8.85. The minimum Gasteiger partial charge on any atom is -0.370 e. The van der Waals surface area contributed by atoms with Crippen LogP contribution >= 0.6 is 0 Å². The van der Waals surface area contributed by atoms with Crippen molar-refractivity contribution in [2.75, 3.05) is 24.5 Å². The fraction of sp³-hybridized carbons (Fsp3) is 0.625. The molecule has 1 aromatic rings. The van der Waals surface area contributed by atoms with Crippen molar-refractivity contribution in [3.8, 4) is 0 Å². The van der Waals surface area contributed by atoms with Crippen LogP contribution in [0.3, 0.4) is 0 Å². The molecule has 1 atom stereocenters. The fourth-order valence-corrected chi connectivity index (χ4v) is 2.79. The summed E-state index contributed by atoms with van der Waals surface area (Å²) in [4.78, 5) is 2.58. The highest BCUT2D eigenvalue weighted by molar-refractivity contribution is 5.54. The summed E-state index contributed by atoms with van der Waals surface area (Å²) in [6.07, 6.45) is 4.88. The number of aryl methyl sites for hydroxylation is 1. The molecule has 2 rings (SSSR count). The number of para-hydroxylation sites is 1. The van der Waals surface area contributed by atoms with E-state index in [4.69, 9.17) is 0 Å². The molecule has 1 saturated heterocycles. The third-order valence-electron chi connectivity index (χ3n) is 3.82. The van der Waals surface area contributed by atoms with E-state index in [1.165, 1.54) is 43.5 Å². The summed E-state index contributed by atoms with van der Waals surface area (Å²) in [5.74, 6) is 0. The van der Waals surface area contributed by atoms with Gasteiger partial charge in [0.15, 0.2) is 0 Å². The molecule has 1 fully saturated rings. The van der Waals surface area contributed by atoms with Crippen LogP contribution in [0, 0.1) is 0 Å². The van der Waals surface area contributed by atoms with Crippen molar-refractivity contribution in [1.29, 1.82) is 0 Å². The molecule has 0 aliphatic carbocycles. The van der Waals surface area contributed by atoms with E-state index in [1.54, 1.807) is 0 Å². The smallest absolute Gasteiger partial charge is 0.0399 e. The van der Waals surface area contributed by atoms with Crippen molar-refractivity contribution >= 4 is 5.69 Å². The topological polar surface area (TPSA) is 15.3 Å². The lowest BCUT2D eigenvalue weighted by Gasteiger charge is -2.28. The van der Waals surface area contributed by atoms with Crippen LogP contribution in [0.15, 0.2) is 24.3 Å². The third kappa shape index (κ3) is 3.26. The van der Waals surface area contributed by atoms with Crippen molar-refractivity contribution in [3.63, 3.8) is 0 Å². The summed E-state index contributed by atoms with van der Waals surface area (Å²) in [6, 6.07) is 9.57. The molecule has 1 unspecified atom stereocenters. The van der Waals surface area contributed by atoms with Gasteiger partial charge in [-0.3, -0.25) is 0 Å². The molecule has 1 aliphatic heterocycles. The Morgan fingerprint density at radius 2 is 2.11 bits per heavy atom. The van der Waals surface area contributed by atoms with Gasteiger partial charge in [0, 0.05) is 24.8 Å². The zero-order valence-corrected chi connectivity index (χ0v) is 11.8. The molecule has 0 radical (unpaired) electrons. The van der Waals surface area contributed by atoms with E-state index < -0.39 is 0 Å². The van der Waals surface area contributed by atoms with Gasteiger partial charge in [-0.2, -0.15) is 0 Å². The summed E-state index contributed by atoms with van der Waals surface area (Å²) < 4.78 is 0. The SMILES string of the molecule is CCCc1ccccc1N1CCCNC(CC)C1. The third-order valence-corrected chi connectivity index (χ3v) is 3.82. The maximum atomic E-state index is 3.64. The van der Waals surface area contributed by atoms with Gasteiger partial charge in [-0.1, -0.05) is 38.5 Å². The van der Waals surface area contributed by atoms with Gasteiger partial charge in [0.1, 0.15) is 0 Å². The van der Waals surface area contributed by atoms with Crippen LogP contribution in [0.25, 0.3) is 0 Å². The maximum absolute atomic E-state index is 3.64. The zero-order valence-electron chi connectivity index (χ0n) is 11.8. The molecule has 0 amide bonds. The van der Waals surface area contributed by atoms with Crippen LogP contribution in [-0.4, -0.2) is 25.7 Å². The highest BCUT2D eigenvalue weighted by Gasteiger charge is 2.17. The maximum Gasteiger partial charge on any atom is 0.0399 e. The lowest BCUT2D eigenvalue weighted by Crippen LogP contribution is -2.37. The molecule has 1 N–H and O–H groups in total. The predicted molar refractivity (Wildman–Crippen MR) is 79.3 cm³/mol. The molecule has 0 spiro atoms. The Hall–Kier alpha value is -1.02. The first-order valence-corrected chi connectivity index (χ1v) is 7.41. The van der Waals surface area contributed by atoms with E-state index in [0.29, 0.717) is 6.04 Å². The summed E-state index contributed by atoms with van der Waals surface area (Å²) in [5, 5.41) is 3.64. The second kappa shape index (κ2) is 6.79. The number of benzene rings is 1. The molecule has 100 valence electrons. The molecular weight excluding hydrogens is 220 g/mol. The number of hydrogen-bond acceptors (Lipinski definition) is 2. The average molecular weight is 246 g/mol. The minimum atomic E-state index is 0.641. The van der Waals surface area contributed by atoms with Crippen molar-refractivity contribution in [2.24, 2.45) is 0 Å². The van der Waals surface area contributed by atoms with Gasteiger partial charge in [0.05, 0.1) is 0 Å². The van der Waals surface area contributed by atoms with Gasteiger partial charge < -0.3 is 10.2 Å². The molecule has 0 aromatic heterocycles. The molecular formula is C16H26N2. The Bertz CT molecular complexity index is 362. The molecule has 2 heteroatoms. The van der Waals surface area contributed by atoms with Crippen molar-refractivity contribution in [1.82, 2.24) is 5.32 Å². The molecule has 0 saturated carbocycles. The normalized spacial score (nSPS) is 20.8. The Morgan fingerprint density at radius 3 is 2.89 bits per heavy atom. The second-order valence-electron chi connectivity index (χ2n) is 5.24. The molecule has 18 heavy (non-hydrogen) atoms. The first kappa shape index (κ1) is 13.4. The Labute approximate surface area is 111 Å². The Morgan fingerprint density at radius 1 is 1.28 bits per heavy atom. The number of nitrogens with zero attached hydrogens (tertiary/aromatic N) is 1. The van der Waals surface area contributed by atoms with Gasteiger partial charge in [-0.15, -0.1) is 0 Å². The van der Waals surface area contributed by atoms with Gasteiger partial charge >= 0.3 is 0 Å². The second-order valence-corrected chi connectivity index (χ2v) is 5.24. The van der Waals surface area contributed by atoms with Crippen LogP contribution in [0.5, 0.6) is 0 Å². The van der Waals surface area contributed by atoms with Gasteiger partial charge in [0.25, 0.3) is 0 Å². The lowest BCUT2D eigenvalue weighted by molar-refractivity contribution is 0.528. The zero-order chi connectivity index (χ0) is 12.8. The summed E-state index contributed by atoms with van der Waals surface area (Å²) in [5.41, 5.74) is 2.97. The molecule has 2 nitrogen and oxygen atoms in total. The lowest BCUT2D eigenvalue weighted by atomic mass is 10.1.